The molecule has 0 spiro atoms. The summed E-state index contributed by atoms with van der Waals surface area (Å²) in [4.78, 5) is 16.4. The lowest BCUT2D eigenvalue weighted by atomic mass is 9.99. The Morgan fingerprint density at radius 1 is 1.08 bits per heavy atom. The minimum atomic E-state index is -0.120. The number of amides is 1. The Kier molecular flexibility index (Phi) is 9.07. The van der Waals surface area contributed by atoms with Gasteiger partial charge in [-0.1, -0.05) is 42.6 Å². The fourth-order valence-electron chi connectivity index (χ4n) is 4.35. The molecule has 192 valence electrons. The molecule has 1 aliphatic heterocycles. The molecule has 8 heteroatoms. The predicted molar refractivity (Wildman–Crippen MR) is 143 cm³/mol. The summed E-state index contributed by atoms with van der Waals surface area (Å²) in [5.74, 6) is 0.937. The van der Waals surface area contributed by atoms with Crippen LogP contribution in [0.4, 0.5) is 0 Å². The first kappa shape index (κ1) is 26.3. The second-order valence-electron chi connectivity index (χ2n) is 9.76. The summed E-state index contributed by atoms with van der Waals surface area (Å²) in [6.45, 7) is 12.4. The molecule has 1 amide bonds. The molecule has 3 aromatic rings. The third-order valence-electron chi connectivity index (χ3n) is 6.37. The molecule has 2 aromatic carbocycles. The van der Waals surface area contributed by atoms with Gasteiger partial charge in [0, 0.05) is 31.1 Å². The average molecular weight is 509 g/mol. The van der Waals surface area contributed by atoms with Crippen molar-refractivity contribution in [3.8, 4) is 5.75 Å². The number of aromatic nitrogens is 2. The summed E-state index contributed by atoms with van der Waals surface area (Å²) >= 11 is 1.33. The average Bonchev–Trinajstić information content (AvgIpc) is 3.33. The number of benzene rings is 2. The molecule has 4 rings (SSSR count). The van der Waals surface area contributed by atoms with E-state index in [9.17, 15) is 4.79 Å². The van der Waals surface area contributed by atoms with Gasteiger partial charge in [-0.05, 0) is 66.2 Å². The van der Waals surface area contributed by atoms with E-state index in [-0.39, 0.29) is 11.8 Å². The molecule has 1 aromatic heterocycles. The van der Waals surface area contributed by atoms with E-state index in [0.29, 0.717) is 44.4 Å². The molecule has 1 N–H and O–H groups in total. The first-order valence-electron chi connectivity index (χ1n) is 12.7. The maximum Gasteiger partial charge on any atom is 0.251 e. The molecule has 0 saturated heterocycles. The van der Waals surface area contributed by atoms with Gasteiger partial charge in [-0.2, -0.15) is 0 Å². The number of nitrogens with zero attached hydrogens (tertiary/aromatic N) is 3. The molecular weight excluding hydrogens is 472 g/mol. The normalized spacial score (nSPS) is 15.3. The SMILES string of the molecule is CC(C)c1nnsc1CNC(=O)c1ccc2c(c1)Cc1cccc(c1)CN(C(C)C)CCOCCO2. The molecule has 0 atom stereocenters. The first-order valence-corrected chi connectivity index (χ1v) is 13.4. The van der Waals surface area contributed by atoms with Gasteiger partial charge in [-0.3, -0.25) is 9.69 Å². The first-order chi connectivity index (χ1) is 17.4. The molecule has 36 heavy (non-hydrogen) atoms. The van der Waals surface area contributed by atoms with Crippen LogP contribution in [0.2, 0.25) is 0 Å². The summed E-state index contributed by atoms with van der Waals surface area (Å²) < 4.78 is 16.0. The van der Waals surface area contributed by atoms with Gasteiger partial charge >= 0.3 is 0 Å². The van der Waals surface area contributed by atoms with Crippen LogP contribution in [0.3, 0.4) is 0 Å². The largest absolute Gasteiger partial charge is 0.491 e. The number of ether oxygens (including phenoxy) is 2. The molecule has 7 nitrogen and oxygen atoms in total. The second-order valence-corrected chi connectivity index (χ2v) is 10.6. The quantitative estimate of drug-likeness (QED) is 0.534. The highest BCUT2D eigenvalue weighted by atomic mass is 32.1. The zero-order chi connectivity index (χ0) is 25.5. The number of hydrogen-bond donors (Lipinski definition) is 1. The van der Waals surface area contributed by atoms with Gasteiger partial charge in [0.15, 0.2) is 0 Å². The maximum absolute atomic E-state index is 13.0. The molecule has 0 saturated carbocycles. The van der Waals surface area contributed by atoms with E-state index in [1.54, 1.807) is 0 Å². The van der Waals surface area contributed by atoms with Crippen LogP contribution in [-0.2, 0) is 24.2 Å². The number of nitrogens with one attached hydrogen (secondary N) is 1. The lowest BCUT2D eigenvalue weighted by molar-refractivity contribution is 0.0695. The van der Waals surface area contributed by atoms with E-state index in [4.69, 9.17) is 9.47 Å². The lowest BCUT2D eigenvalue weighted by Gasteiger charge is -2.27. The van der Waals surface area contributed by atoms with Crippen molar-refractivity contribution in [3.63, 3.8) is 0 Å². The minimum absolute atomic E-state index is 0.120. The van der Waals surface area contributed by atoms with Crippen molar-refractivity contribution >= 4 is 17.4 Å². The highest BCUT2D eigenvalue weighted by Crippen LogP contribution is 2.25. The molecule has 0 radical (unpaired) electrons. The smallest absolute Gasteiger partial charge is 0.251 e. The summed E-state index contributed by atoms with van der Waals surface area (Å²) in [5.41, 5.74) is 5.01. The van der Waals surface area contributed by atoms with Gasteiger partial charge in [0.1, 0.15) is 12.4 Å². The Bertz CT molecular complexity index is 1160. The Morgan fingerprint density at radius 2 is 1.92 bits per heavy atom. The summed E-state index contributed by atoms with van der Waals surface area (Å²) in [6.07, 6.45) is 0.684. The zero-order valence-electron chi connectivity index (χ0n) is 21.6. The van der Waals surface area contributed by atoms with E-state index in [2.05, 4.69) is 71.8 Å². The fraction of sp³-hybridized carbons (Fsp3) is 0.464. The van der Waals surface area contributed by atoms with Crippen molar-refractivity contribution in [2.75, 3.05) is 26.4 Å². The van der Waals surface area contributed by atoms with Crippen molar-refractivity contribution in [2.45, 2.75) is 59.2 Å². The number of fused-ring (bicyclic) bond motifs is 3. The van der Waals surface area contributed by atoms with Crippen LogP contribution in [0, 0.1) is 0 Å². The van der Waals surface area contributed by atoms with Crippen LogP contribution in [-0.4, -0.2) is 52.8 Å². The molecule has 2 bridgehead atoms. The maximum atomic E-state index is 13.0. The van der Waals surface area contributed by atoms with Crippen LogP contribution in [0.5, 0.6) is 5.75 Å². The van der Waals surface area contributed by atoms with E-state index in [1.165, 1.54) is 22.7 Å². The number of carbonyl (C=O) groups is 1. The summed E-state index contributed by atoms with van der Waals surface area (Å²) in [5, 5.41) is 7.23. The van der Waals surface area contributed by atoms with Crippen LogP contribution >= 0.6 is 11.5 Å². The van der Waals surface area contributed by atoms with Gasteiger partial charge in [-0.15, -0.1) is 5.10 Å². The van der Waals surface area contributed by atoms with E-state index in [0.717, 1.165) is 35.0 Å². The van der Waals surface area contributed by atoms with Gasteiger partial charge in [0.05, 0.1) is 30.3 Å². The van der Waals surface area contributed by atoms with Crippen LogP contribution in [0.1, 0.15) is 71.2 Å². The van der Waals surface area contributed by atoms with E-state index >= 15 is 0 Å². The molecular formula is C28H36N4O3S. The Balaban J connectivity index is 1.55. The molecule has 2 heterocycles. The van der Waals surface area contributed by atoms with Crippen molar-refractivity contribution in [1.29, 1.82) is 0 Å². The molecule has 0 fully saturated rings. The lowest BCUT2D eigenvalue weighted by Crippen LogP contribution is -2.33. The topological polar surface area (TPSA) is 76.6 Å². The summed E-state index contributed by atoms with van der Waals surface area (Å²) in [6, 6.07) is 14.8. The third kappa shape index (κ3) is 6.90. The van der Waals surface area contributed by atoms with Crippen molar-refractivity contribution in [3.05, 3.63) is 75.3 Å². The molecule has 1 aliphatic rings. The van der Waals surface area contributed by atoms with E-state index in [1.807, 2.05) is 18.2 Å². The third-order valence-corrected chi connectivity index (χ3v) is 7.11. The van der Waals surface area contributed by atoms with Crippen molar-refractivity contribution in [2.24, 2.45) is 0 Å². The minimum Gasteiger partial charge on any atom is -0.491 e. The van der Waals surface area contributed by atoms with E-state index < -0.39 is 0 Å². The number of hydrogen-bond acceptors (Lipinski definition) is 7. The van der Waals surface area contributed by atoms with Crippen LogP contribution < -0.4 is 10.1 Å². The fourth-order valence-corrected chi connectivity index (χ4v) is 5.08. The predicted octanol–water partition coefficient (Wildman–Crippen LogP) is 4.80. The molecule has 0 unspecified atom stereocenters. The van der Waals surface area contributed by atoms with Gasteiger partial charge in [0.2, 0.25) is 0 Å². The molecule has 0 aliphatic carbocycles. The van der Waals surface area contributed by atoms with Gasteiger partial charge in [0.25, 0.3) is 5.91 Å². The standard InChI is InChI=1S/C28H36N4O3S/c1-19(2)27-26(36-31-30-27)17-29-28(33)23-8-9-25-24(16-23)15-21-6-5-7-22(14-21)18-32(20(3)4)10-11-34-12-13-35-25/h5-9,14,16,19-20H,10-13,15,17-18H2,1-4H3,(H,29,33). The Hall–Kier alpha value is -2.81. The highest BCUT2D eigenvalue weighted by Gasteiger charge is 2.16. The van der Waals surface area contributed by atoms with Crippen molar-refractivity contribution in [1.82, 2.24) is 19.8 Å². The Morgan fingerprint density at radius 3 is 2.72 bits per heavy atom. The van der Waals surface area contributed by atoms with Crippen LogP contribution in [0.25, 0.3) is 0 Å². The Labute approximate surface area is 218 Å². The summed E-state index contributed by atoms with van der Waals surface area (Å²) in [7, 11) is 0. The second kappa shape index (κ2) is 12.4. The van der Waals surface area contributed by atoms with Gasteiger partial charge < -0.3 is 14.8 Å². The number of carbonyl (C=O) groups excluding carboxylic acids is 1. The highest BCUT2D eigenvalue weighted by molar-refractivity contribution is 7.05. The van der Waals surface area contributed by atoms with Gasteiger partial charge in [-0.25, -0.2) is 0 Å². The number of rotatable bonds is 5. The van der Waals surface area contributed by atoms with Crippen LogP contribution in [0.15, 0.2) is 42.5 Å². The van der Waals surface area contributed by atoms with Crippen molar-refractivity contribution < 1.29 is 14.3 Å². The monoisotopic (exact) mass is 508 g/mol. The zero-order valence-corrected chi connectivity index (χ0v) is 22.4.